The number of imide groups is 1. The lowest BCUT2D eigenvalue weighted by Crippen LogP contribution is -2.51. The summed E-state index contributed by atoms with van der Waals surface area (Å²) in [7, 11) is 0. The van der Waals surface area contributed by atoms with Crippen LogP contribution in [0, 0.1) is 17.8 Å². The molecule has 0 aromatic carbocycles. The smallest absolute Gasteiger partial charge is 0.246 e. The van der Waals surface area contributed by atoms with Gasteiger partial charge in [0.15, 0.2) is 0 Å². The Morgan fingerprint density at radius 1 is 1.21 bits per heavy atom. The first-order chi connectivity index (χ1) is 13.3. The highest BCUT2D eigenvalue weighted by atomic mass is 35.5. The maximum absolute atomic E-state index is 13.4. The second-order valence-electron chi connectivity index (χ2n) is 7.91. The van der Waals surface area contributed by atoms with Crippen molar-refractivity contribution in [2.75, 3.05) is 6.54 Å². The molecular formula is C21H27ClN2O3S. The lowest BCUT2D eigenvalue weighted by atomic mass is 9.85. The van der Waals surface area contributed by atoms with Crippen molar-refractivity contribution < 1.29 is 14.4 Å². The topological polar surface area (TPSA) is 57.7 Å². The summed E-state index contributed by atoms with van der Waals surface area (Å²) in [6.07, 6.45) is 5.58. The molecule has 1 aliphatic carbocycles. The fraction of sp³-hybridized carbons (Fsp3) is 0.571. The molecule has 0 radical (unpaired) electrons. The zero-order chi connectivity index (χ0) is 20.4. The maximum atomic E-state index is 13.4. The van der Waals surface area contributed by atoms with Crippen LogP contribution < -0.4 is 0 Å². The molecule has 3 amide bonds. The van der Waals surface area contributed by atoms with Crippen LogP contribution in [-0.4, -0.2) is 40.1 Å². The van der Waals surface area contributed by atoms with Gasteiger partial charge in [-0.2, -0.15) is 0 Å². The van der Waals surface area contributed by atoms with Gasteiger partial charge in [-0.25, -0.2) is 0 Å². The minimum atomic E-state index is -0.735. The van der Waals surface area contributed by atoms with Gasteiger partial charge in [0.05, 0.1) is 22.7 Å². The Balaban J connectivity index is 1.85. The van der Waals surface area contributed by atoms with Crippen LogP contribution in [0.3, 0.4) is 0 Å². The van der Waals surface area contributed by atoms with Gasteiger partial charge in [-0.05, 0) is 44.2 Å². The minimum absolute atomic E-state index is 0.158. The molecule has 1 aliphatic heterocycles. The van der Waals surface area contributed by atoms with Crippen LogP contribution >= 0.6 is 22.9 Å². The zero-order valence-corrected chi connectivity index (χ0v) is 18.1. The summed E-state index contributed by atoms with van der Waals surface area (Å²) in [5.74, 6) is -0.973. The summed E-state index contributed by atoms with van der Waals surface area (Å²) < 4.78 is 0.679. The standard InChI is InChI=1S/C21H27ClN2O3S/c1-4-23(12-14-9-10-18(22)28-14)21(27)17(11-13(2)3)24-19(25)15-7-5-6-8-16(15)20(24)26/h5-6,9-10,13,15-17H,4,7-8,11-12H2,1-3H3. The van der Waals surface area contributed by atoms with E-state index in [1.807, 2.05) is 45.1 Å². The number of rotatable bonds is 7. The molecule has 28 heavy (non-hydrogen) atoms. The summed E-state index contributed by atoms with van der Waals surface area (Å²) in [6.45, 7) is 6.88. The molecule has 5 nitrogen and oxygen atoms in total. The fourth-order valence-electron chi connectivity index (χ4n) is 4.08. The Hall–Kier alpha value is -1.66. The van der Waals surface area contributed by atoms with Gasteiger partial charge < -0.3 is 4.90 Å². The quantitative estimate of drug-likeness (QED) is 0.490. The van der Waals surface area contributed by atoms with Crippen molar-refractivity contribution in [1.29, 1.82) is 0 Å². The van der Waals surface area contributed by atoms with E-state index in [0.717, 1.165) is 4.88 Å². The number of amides is 3. The number of halogens is 1. The average molecular weight is 423 g/mol. The summed E-state index contributed by atoms with van der Waals surface area (Å²) >= 11 is 7.46. The minimum Gasteiger partial charge on any atom is -0.336 e. The van der Waals surface area contributed by atoms with Crippen LogP contribution in [0.2, 0.25) is 4.34 Å². The third-order valence-electron chi connectivity index (χ3n) is 5.50. The van der Waals surface area contributed by atoms with Crippen LogP contribution in [0.5, 0.6) is 0 Å². The number of allylic oxidation sites excluding steroid dienone is 2. The molecule has 3 unspecified atom stereocenters. The Morgan fingerprint density at radius 2 is 1.82 bits per heavy atom. The van der Waals surface area contributed by atoms with E-state index in [1.54, 1.807) is 4.90 Å². The highest BCUT2D eigenvalue weighted by molar-refractivity contribution is 7.16. The first-order valence-corrected chi connectivity index (χ1v) is 11.1. The predicted molar refractivity (Wildman–Crippen MR) is 111 cm³/mol. The molecule has 1 fully saturated rings. The molecule has 0 spiro atoms. The van der Waals surface area contributed by atoms with Crippen LogP contribution in [0.15, 0.2) is 24.3 Å². The van der Waals surface area contributed by atoms with Gasteiger partial charge in [0.25, 0.3) is 0 Å². The highest BCUT2D eigenvalue weighted by Gasteiger charge is 2.51. The van der Waals surface area contributed by atoms with Crippen molar-refractivity contribution in [1.82, 2.24) is 9.80 Å². The normalized spacial score (nSPS) is 22.7. The second kappa shape index (κ2) is 8.78. The summed E-state index contributed by atoms with van der Waals surface area (Å²) in [6, 6.07) is 2.99. The van der Waals surface area contributed by atoms with Crippen LogP contribution in [0.1, 0.15) is 44.9 Å². The summed E-state index contributed by atoms with van der Waals surface area (Å²) in [5.41, 5.74) is 0. The Bertz CT molecular complexity index is 762. The Morgan fingerprint density at radius 3 is 2.29 bits per heavy atom. The van der Waals surface area contributed by atoms with Crippen molar-refractivity contribution in [3.8, 4) is 0 Å². The van der Waals surface area contributed by atoms with E-state index in [2.05, 4.69) is 0 Å². The monoisotopic (exact) mass is 422 g/mol. The van der Waals surface area contributed by atoms with Crippen molar-refractivity contribution in [2.24, 2.45) is 17.8 Å². The number of hydrogen-bond donors (Lipinski definition) is 0. The molecule has 0 bridgehead atoms. The van der Waals surface area contributed by atoms with Gasteiger partial charge in [-0.1, -0.05) is 37.6 Å². The van der Waals surface area contributed by atoms with E-state index in [1.165, 1.54) is 16.2 Å². The van der Waals surface area contributed by atoms with Crippen molar-refractivity contribution in [3.63, 3.8) is 0 Å². The number of carbonyl (C=O) groups excluding carboxylic acids is 3. The largest absolute Gasteiger partial charge is 0.336 e. The first kappa shape index (κ1) is 21.1. The lowest BCUT2D eigenvalue weighted by molar-refractivity contribution is -0.152. The number of nitrogens with zero attached hydrogens (tertiary/aromatic N) is 2. The third-order valence-corrected chi connectivity index (χ3v) is 6.72. The molecular weight excluding hydrogens is 396 g/mol. The number of hydrogen-bond acceptors (Lipinski definition) is 4. The van der Waals surface area contributed by atoms with Gasteiger partial charge in [-0.3, -0.25) is 19.3 Å². The van der Waals surface area contributed by atoms with E-state index in [4.69, 9.17) is 11.6 Å². The maximum Gasteiger partial charge on any atom is 0.246 e. The van der Waals surface area contributed by atoms with Crippen molar-refractivity contribution in [3.05, 3.63) is 33.5 Å². The molecule has 0 saturated carbocycles. The molecule has 152 valence electrons. The SMILES string of the molecule is CCN(Cc1ccc(Cl)s1)C(=O)C(CC(C)C)N1C(=O)C2CC=CCC2C1=O. The molecule has 3 rings (SSSR count). The van der Waals surface area contributed by atoms with Gasteiger partial charge in [-0.15, -0.1) is 11.3 Å². The van der Waals surface area contributed by atoms with Gasteiger partial charge in [0.2, 0.25) is 17.7 Å². The van der Waals surface area contributed by atoms with Gasteiger partial charge in [0, 0.05) is 11.4 Å². The third kappa shape index (κ3) is 4.18. The van der Waals surface area contributed by atoms with Gasteiger partial charge >= 0.3 is 0 Å². The molecule has 3 atom stereocenters. The predicted octanol–water partition coefficient (Wildman–Crippen LogP) is 4.12. The average Bonchev–Trinajstić information content (AvgIpc) is 3.19. The van der Waals surface area contributed by atoms with Crippen LogP contribution in [0.4, 0.5) is 0 Å². The van der Waals surface area contributed by atoms with Crippen molar-refractivity contribution in [2.45, 2.75) is 52.6 Å². The first-order valence-electron chi connectivity index (χ1n) is 9.88. The molecule has 2 heterocycles. The zero-order valence-electron chi connectivity index (χ0n) is 16.6. The van der Waals surface area contributed by atoms with E-state index in [0.29, 0.717) is 36.7 Å². The highest BCUT2D eigenvalue weighted by Crippen LogP contribution is 2.37. The molecule has 7 heteroatoms. The van der Waals surface area contributed by atoms with E-state index >= 15 is 0 Å². The molecule has 0 N–H and O–H groups in total. The molecule has 1 aromatic heterocycles. The second-order valence-corrected chi connectivity index (χ2v) is 9.71. The number of thiophene rings is 1. The van der Waals surface area contributed by atoms with Crippen molar-refractivity contribution >= 4 is 40.7 Å². The summed E-state index contributed by atoms with van der Waals surface area (Å²) in [4.78, 5) is 43.5. The number of likely N-dealkylation sites (N-methyl/N-ethyl adjacent to an activating group) is 1. The molecule has 1 saturated heterocycles. The van der Waals surface area contributed by atoms with E-state index in [9.17, 15) is 14.4 Å². The Labute approximate surface area is 175 Å². The molecule has 1 aromatic rings. The van der Waals surface area contributed by atoms with Gasteiger partial charge in [0.1, 0.15) is 6.04 Å². The molecule has 2 aliphatic rings. The Kier molecular flexibility index (Phi) is 6.61. The number of likely N-dealkylation sites (tertiary alicyclic amines) is 1. The summed E-state index contributed by atoms with van der Waals surface area (Å²) in [5, 5.41) is 0. The number of carbonyl (C=O) groups is 3. The van der Waals surface area contributed by atoms with Crippen LogP contribution in [0.25, 0.3) is 0 Å². The van der Waals surface area contributed by atoms with Crippen LogP contribution in [-0.2, 0) is 20.9 Å². The van der Waals surface area contributed by atoms with E-state index < -0.39 is 6.04 Å². The van der Waals surface area contributed by atoms with E-state index in [-0.39, 0.29) is 35.5 Å². The fourth-order valence-corrected chi connectivity index (χ4v) is 5.18. The lowest BCUT2D eigenvalue weighted by Gasteiger charge is -2.32. The number of fused-ring (bicyclic) bond motifs is 1.